The van der Waals surface area contributed by atoms with E-state index >= 15 is 0 Å². The van der Waals surface area contributed by atoms with Gasteiger partial charge < -0.3 is 9.80 Å². The number of pyridine rings is 2. The first-order chi connectivity index (χ1) is 13.7. The maximum absolute atomic E-state index is 12.9. The van der Waals surface area contributed by atoms with Gasteiger partial charge in [-0.1, -0.05) is 0 Å². The molecule has 0 unspecified atom stereocenters. The van der Waals surface area contributed by atoms with Gasteiger partial charge in [0.05, 0.1) is 16.8 Å². The summed E-state index contributed by atoms with van der Waals surface area (Å²) in [6, 6.07) is 4.19. The Kier molecular flexibility index (Phi) is 4.64. The average molecular weight is 404 g/mol. The van der Waals surface area contributed by atoms with E-state index < -0.39 is 11.7 Å². The lowest BCUT2D eigenvalue weighted by molar-refractivity contribution is -0.137. The summed E-state index contributed by atoms with van der Waals surface area (Å²) in [4.78, 5) is 24.7. The van der Waals surface area contributed by atoms with Crippen molar-refractivity contribution in [3.8, 4) is 0 Å². The molecule has 29 heavy (non-hydrogen) atoms. The Morgan fingerprint density at radius 3 is 2.41 bits per heavy atom. The quantitative estimate of drug-likeness (QED) is 0.657. The SMILES string of the molecule is Cc1nn(C)c2ncc(C(=O)N3CCN(c4ccc(C(F)(F)F)cn4)CC3)cc12. The summed E-state index contributed by atoms with van der Waals surface area (Å²) < 4.78 is 39.7. The van der Waals surface area contributed by atoms with Crippen LogP contribution in [0.3, 0.4) is 0 Å². The maximum atomic E-state index is 12.9. The molecule has 0 bridgehead atoms. The van der Waals surface area contributed by atoms with Crippen LogP contribution in [0.5, 0.6) is 0 Å². The smallest absolute Gasteiger partial charge is 0.353 e. The fourth-order valence-corrected chi connectivity index (χ4v) is 3.49. The number of aromatic nitrogens is 4. The van der Waals surface area contributed by atoms with E-state index in [9.17, 15) is 18.0 Å². The zero-order valence-electron chi connectivity index (χ0n) is 15.9. The molecule has 1 fully saturated rings. The van der Waals surface area contributed by atoms with E-state index in [1.165, 1.54) is 6.07 Å². The molecule has 1 aliphatic heterocycles. The van der Waals surface area contributed by atoms with Gasteiger partial charge in [0.15, 0.2) is 5.65 Å². The van der Waals surface area contributed by atoms with Gasteiger partial charge >= 0.3 is 6.18 Å². The highest BCUT2D eigenvalue weighted by atomic mass is 19.4. The zero-order valence-corrected chi connectivity index (χ0v) is 15.9. The van der Waals surface area contributed by atoms with Crippen LogP contribution < -0.4 is 4.90 Å². The second-order valence-electron chi connectivity index (χ2n) is 6.99. The number of halogens is 3. The minimum atomic E-state index is -4.40. The second kappa shape index (κ2) is 7.02. The molecule has 4 heterocycles. The first-order valence-electron chi connectivity index (χ1n) is 9.11. The molecule has 4 rings (SSSR count). The van der Waals surface area contributed by atoms with Crippen molar-refractivity contribution in [2.45, 2.75) is 13.1 Å². The van der Waals surface area contributed by atoms with Gasteiger partial charge in [-0.25, -0.2) is 9.97 Å². The molecule has 3 aromatic heterocycles. The molecule has 3 aromatic rings. The summed E-state index contributed by atoms with van der Waals surface area (Å²) in [5.74, 6) is 0.349. The Hall–Kier alpha value is -3.17. The molecule has 1 saturated heterocycles. The van der Waals surface area contributed by atoms with Crippen molar-refractivity contribution in [3.05, 3.63) is 47.4 Å². The largest absolute Gasteiger partial charge is 0.417 e. The van der Waals surface area contributed by atoms with Gasteiger partial charge in [0.2, 0.25) is 0 Å². The summed E-state index contributed by atoms with van der Waals surface area (Å²) in [6.45, 7) is 3.75. The number of rotatable bonds is 2. The lowest BCUT2D eigenvalue weighted by atomic mass is 10.1. The zero-order chi connectivity index (χ0) is 20.8. The third-order valence-electron chi connectivity index (χ3n) is 5.08. The Labute approximate surface area is 164 Å². The van der Waals surface area contributed by atoms with Crippen LogP contribution in [0.15, 0.2) is 30.6 Å². The highest BCUT2D eigenvalue weighted by molar-refractivity contribution is 5.97. The third-order valence-corrected chi connectivity index (χ3v) is 5.08. The predicted molar refractivity (Wildman–Crippen MR) is 101 cm³/mol. The molecule has 1 amide bonds. The van der Waals surface area contributed by atoms with Crippen molar-refractivity contribution in [2.24, 2.45) is 7.05 Å². The number of nitrogens with zero attached hydrogens (tertiary/aromatic N) is 6. The van der Waals surface area contributed by atoms with E-state index in [0.29, 0.717) is 37.6 Å². The Morgan fingerprint density at radius 1 is 1.07 bits per heavy atom. The second-order valence-corrected chi connectivity index (χ2v) is 6.99. The van der Waals surface area contributed by atoms with E-state index in [2.05, 4.69) is 15.1 Å². The van der Waals surface area contributed by atoms with Crippen molar-refractivity contribution < 1.29 is 18.0 Å². The fourth-order valence-electron chi connectivity index (χ4n) is 3.49. The van der Waals surface area contributed by atoms with Gasteiger partial charge in [-0.3, -0.25) is 9.48 Å². The van der Waals surface area contributed by atoms with Crippen LogP contribution in [0.25, 0.3) is 11.0 Å². The van der Waals surface area contributed by atoms with Gasteiger partial charge in [0.25, 0.3) is 5.91 Å². The van der Waals surface area contributed by atoms with E-state index in [1.54, 1.807) is 28.9 Å². The molecule has 1 aliphatic rings. The first kappa shape index (κ1) is 19.2. The molecule has 0 saturated carbocycles. The van der Waals surface area contributed by atoms with Crippen LogP contribution >= 0.6 is 0 Å². The number of aryl methyl sites for hydroxylation is 2. The Balaban J connectivity index is 1.44. The molecule has 152 valence electrons. The van der Waals surface area contributed by atoms with Gasteiger partial charge in [-0.05, 0) is 25.1 Å². The number of hydrogen-bond acceptors (Lipinski definition) is 5. The van der Waals surface area contributed by atoms with E-state index in [-0.39, 0.29) is 5.91 Å². The van der Waals surface area contributed by atoms with Crippen LogP contribution in [0.2, 0.25) is 0 Å². The molecule has 0 atom stereocenters. The molecule has 0 aromatic carbocycles. The van der Waals surface area contributed by atoms with Gasteiger partial charge in [-0.15, -0.1) is 0 Å². The molecule has 0 radical (unpaired) electrons. The first-order valence-corrected chi connectivity index (χ1v) is 9.11. The number of piperazine rings is 1. The van der Waals surface area contributed by atoms with E-state index in [1.807, 2.05) is 11.8 Å². The minimum absolute atomic E-state index is 0.123. The molecule has 10 heteroatoms. The monoisotopic (exact) mass is 404 g/mol. The molecule has 7 nitrogen and oxygen atoms in total. The number of anilines is 1. The number of alkyl halides is 3. The van der Waals surface area contributed by atoms with Crippen LogP contribution in [-0.2, 0) is 13.2 Å². The van der Waals surface area contributed by atoms with Crippen molar-refractivity contribution in [3.63, 3.8) is 0 Å². The lowest BCUT2D eigenvalue weighted by Gasteiger charge is -2.35. The van der Waals surface area contributed by atoms with Crippen molar-refractivity contribution in [2.75, 3.05) is 31.1 Å². The fraction of sp³-hybridized carbons (Fsp3) is 0.368. The van der Waals surface area contributed by atoms with Gasteiger partial charge in [-0.2, -0.15) is 18.3 Å². The number of amides is 1. The Morgan fingerprint density at radius 2 is 1.79 bits per heavy atom. The highest BCUT2D eigenvalue weighted by Gasteiger charge is 2.31. The third kappa shape index (κ3) is 3.62. The summed E-state index contributed by atoms with van der Waals surface area (Å²) in [6.07, 6.45) is -2.02. The van der Waals surface area contributed by atoms with Crippen molar-refractivity contribution in [1.29, 1.82) is 0 Å². The number of fused-ring (bicyclic) bond motifs is 1. The van der Waals surface area contributed by atoms with Gasteiger partial charge in [0, 0.05) is 51.0 Å². The molecule has 0 spiro atoms. The Bertz CT molecular complexity index is 1050. The van der Waals surface area contributed by atoms with Crippen molar-refractivity contribution >= 4 is 22.8 Å². The molecule has 0 N–H and O–H groups in total. The number of carbonyl (C=O) groups is 1. The number of hydrogen-bond donors (Lipinski definition) is 0. The highest BCUT2D eigenvalue weighted by Crippen LogP contribution is 2.29. The molecular formula is C19H19F3N6O. The maximum Gasteiger partial charge on any atom is 0.417 e. The van der Waals surface area contributed by atoms with Crippen LogP contribution in [0.4, 0.5) is 19.0 Å². The van der Waals surface area contributed by atoms with Crippen LogP contribution in [0.1, 0.15) is 21.6 Å². The minimum Gasteiger partial charge on any atom is -0.353 e. The predicted octanol–water partition coefficient (Wildman–Crippen LogP) is 2.65. The number of carbonyl (C=O) groups excluding carboxylic acids is 1. The van der Waals surface area contributed by atoms with Crippen LogP contribution in [-0.4, -0.2) is 56.7 Å². The normalized spacial score (nSPS) is 15.2. The molecular weight excluding hydrogens is 385 g/mol. The topological polar surface area (TPSA) is 67.2 Å². The average Bonchev–Trinajstić information content (AvgIpc) is 3.00. The molecule has 0 aliphatic carbocycles. The summed E-state index contributed by atoms with van der Waals surface area (Å²) in [7, 11) is 1.80. The van der Waals surface area contributed by atoms with Crippen molar-refractivity contribution in [1.82, 2.24) is 24.6 Å². The van der Waals surface area contributed by atoms with Gasteiger partial charge in [0.1, 0.15) is 5.82 Å². The summed E-state index contributed by atoms with van der Waals surface area (Å²) in [5, 5.41) is 5.15. The standard InChI is InChI=1S/C19H19F3N6O/c1-12-15-9-13(10-24-17(15)26(2)25-12)18(29)28-7-5-27(6-8-28)16-4-3-14(11-23-16)19(20,21)22/h3-4,9-11H,5-8H2,1-2H3. The van der Waals surface area contributed by atoms with E-state index in [4.69, 9.17) is 0 Å². The van der Waals surface area contributed by atoms with E-state index in [0.717, 1.165) is 29.0 Å². The summed E-state index contributed by atoms with van der Waals surface area (Å²) in [5.41, 5.74) is 1.25. The lowest BCUT2D eigenvalue weighted by Crippen LogP contribution is -2.49. The summed E-state index contributed by atoms with van der Waals surface area (Å²) >= 11 is 0. The van der Waals surface area contributed by atoms with Crippen LogP contribution in [0, 0.1) is 6.92 Å².